The molecule has 2 aromatic heterocycles. The number of β-amino-alcohol motifs (C(OH)–C–C–N with tert-alkyl or cyclic N) is 1. The van der Waals surface area contributed by atoms with Crippen molar-refractivity contribution in [1.29, 1.82) is 0 Å². The first-order valence-corrected chi connectivity index (χ1v) is 11.6. The van der Waals surface area contributed by atoms with E-state index in [9.17, 15) is 9.90 Å². The standard InChI is InChI=1S/C25H28FN5O4/c1-34-15-4-5-19-17(11-15)16(6-9-27-19)21(32)14-31-10-7-20(18(26)13-31)29-12-23-25(33)30-24-22(35-23)3-2-8-28-24/h2-6,8-9,11,18,20-21,23,29,32H,7,10,12-14H2,1H3,(H,28,30,33)/t18-,20-,21+,23?/m1/s1. The van der Waals surface area contributed by atoms with E-state index in [-0.39, 0.29) is 19.0 Å². The Morgan fingerprint density at radius 3 is 3.03 bits per heavy atom. The van der Waals surface area contributed by atoms with Crippen LogP contribution in [0.15, 0.2) is 48.8 Å². The van der Waals surface area contributed by atoms with Gasteiger partial charge in [-0.2, -0.15) is 0 Å². The third-order valence-corrected chi connectivity index (χ3v) is 6.54. The number of hydrogen-bond donors (Lipinski definition) is 3. The summed E-state index contributed by atoms with van der Waals surface area (Å²) in [5, 5.41) is 17.6. The molecule has 2 aliphatic rings. The van der Waals surface area contributed by atoms with Gasteiger partial charge in [0, 0.05) is 43.5 Å². The lowest BCUT2D eigenvalue weighted by molar-refractivity contribution is -0.123. The van der Waals surface area contributed by atoms with Crippen LogP contribution in [0.5, 0.6) is 11.5 Å². The van der Waals surface area contributed by atoms with Crippen molar-refractivity contribution in [2.24, 2.45) is 0 Å². The molecule has 4 atom stereocenters. The molecule has 1 amide bonds. The first-order chi connectivity index (χ1) is 17.0. The highest BCUT2D eigenvalue weighted by Crippen LogP contribution is 2.29. The second kappa shape index (κ2) is 10.1. The Kier molecular flexibility index (Phi) is 6.76. The van der Waals surface area contributed by atoms with Gasteiger partial charge in [0.1, 0.15) is 11.9 Å². The first-order valence-electron chi connectivity index (χ1n) is 11.6. The third-order valence-electron chi connectivity index (χ3n) is 6.54. The predicted molar refractivity (Wildman–Crippen MR) is 128 cm³/mol. The largest absolute Gasteiger partial charge is 0.497 e. The monoisotopic (exact) mass is 481 g/mol. The molecule has 3 N–H and O–H groups in total. The van der Waals surface area contributed by atoms with E-state index in [1.54, 1.807) is 37.7 Å². The lowest BCUT2D eigenvalue weighted by atomic mass is 10.00. The van der Waals surface area contributed by atoms with Crippen LogP contribution in [0.25, 0.3) is 10.9 Å². The summed E-state index contributed by atoms with van der Waals surface area (Å²) >= 11 is 0. The maximum absolute atomic E-state index is 15.0. The van der Waals surface area contributed by atoms with Gasteiger partial charge < -0.3 is 25.2 Å². The number of likely N-dealkylation sites (tertiary alicyclic amines) is 1. The predicted octanol–water partition coefficient (Wildman–Crippen LogP) is 2.07. The van der Waals surface area contributed by atoms with E-state index in [4.69, 9.17) is 9.47 Å². The molecule has 1 fully saturated rings. The summed E-state index contributed by atoms with van der Waals surface area (Å²) in [7, 11) is 1.59. The quantitative estimate of drug-likeness (QED) is 0.471. The van der Waals surface area contributed by atoms with E-state index in [0.29, 0.717) is 36.8 Å². The van der Waals surface area contributed by atoms with Crippen LogP contribution in [-0.2, 0) is 4.79 Å². The molecule has 3 aromatic rings. The summed E-state index contributed by atoms with van der Waals surface area (Å²) in [5.74, 6) is 1.27. The highest BCUT2D eigenvalue weighted by Gasteiger charge is 2.33. The van der Waals surface area contributed by atoms with E-state index in [0.717, 1.165) is 16.5 Å². The van der Waals surface area contributed by atoms with E-state index in [2.05, 4.69) is 20.6 Å². The number of pyridine rings is 2. The number of nitrogens with one attached hydrogen (secondary N) is 2. The fourth-order valence-electron chi connectivity index (χ4n) is 4.65. The second-order valence-electron chi connectivity index (χ2n) is 8.82. The molecule has 0 spiro atoms. The number of aliphatic hydroxyl groups excluding tert-OH is 1. The zero-order valence-electron chi connectivity index (χ0n) is 19.4. The zero-order chi connectivity index (χ0) is 24.4. The van der Waals surface area contributed by atoms with E-state index >= 15 is 4.39 Å². The van der Waals surface area contributed by atoms with Gasteiger partial charge in [0.2, 0.25) is 0 Å². The van der Waals surface area contributed by atoms with Crippen LogP contribution in [0, 0.1) is 0 Å². The fourth-order valence-corrected chi connectivity index (χ4v) is 4.65. The number of benzene rings is 1. The zero-order valence-corrected chi connectivity index (χ0v) is 19.4. The van der Waals surface area contributed by atoms with Crippen LogP contribution < -0.4 is 20.1 Å². The summed E-state index contributed by atoms with van der Waals surface area (Å²) in [6.45, 7) is 1.30. The number of ether oxygens (including phenoxy) is 2. The van der Waals surface area contributed by atoms with Gasteiger partial charge in [-0.3, -0.25) is 14.7 Å². The van der Waals surface area contributed by atoms with E-state index < -0.39 is 24.4 Å². The van der Waals surface area contributed by atoms with Crippen molar-refractivity contribution in [3.05, 3.63) is 54.4 Å². The molecule has 1 aromatic carbocycles. The molecule has 1 unspecified atom stereocenters. The van der Waals surface area contributed by atoms with E-state index in [1.807, 2.05) is 23.1 Å². The van der Waals surface area contributed by atoms with Crippen molar-refractivity contribution < 1.29 is 23.8 Å². The Labute approximate surface area is 202 Å². The number of rotatable bonds is 7. The minimum atomic E-state index is -1.15. The summed E-state index contributed by atoms with van der Waals surface area (Å²) < 4.78 is 26.1. The van der Waals surface area contributed by atoms with Gasteiger partial charge in [0.15, 0.2) is 17.7 Å². The molecule has 0 bridgehead atoms. The molecule has 0 saturated carbocycles. The Morgan fingerprint density at radius 1 is 1.31 bits per heavy atom. The molecule has 35 heavy (non-hydrogen) atoms. The maximum Gasteiger partial charge on any atom is 0.268 e. The number of amides is 1. The van der Waals surface area contributed by atoms with Crippen molar-refractivity contribution in [1.82, 2.24) is 20.2 Å². The number of piperidine rings is 1. The number of carbonyl (C=O) groups is 1. The number of anilines is 1. The molecule has 10 heteroatoms. The van der Waals surface area contributed by atoms with Crippen LogP contribution in [0.1, 0.15) is 18.1 Å². The average molecular weight is 482 g/mol. The van der Waals surface area contributed by atoms with Crippen LogP contribution in [-0.4, -0.2) is 77.5 Å². The highest BCUT2D eigenvalue weighted by molar-refractivity contribution is 5.96. The van der Waals surface area contributed by atoms with Crippen molar-refractivity contribution >= 4 is 22.6 Å². The molecule has 184 valence electrons. The summed E-state index contributed by atoms with van der Waals surface area (Å²) in [6.07, 6.45) is 1.09. The van der Waals surface area contributed by atoms with Gasteiger partial charge in [0.25, 0.3) is 5.91 Å². The van der Waals surface area contributed by atoms with Crippen LogP contribution >= 0.6 is 0 Å². The molecule has 0 radical (unpaired) electrons. The van der Waals surface area contributed by atoms with E-state index in [1.165, 1.54) is 0 Å². The molecule has 5 rings (SSSR count). The SMILES string of the molecule is COc1ccc2nccc([C@@H](O)CN3CC[C@@H](NCC4Oc5cccnc5NC4=O)[C@H](F)C3)c2c1. The molecule has 4 heterocycles. The smallest absolute Gasteiger partial charge is 0.268 e. The van der Waals surface area contributed by atoms with Crippen LogP contribution in [0.4, 0.5) is 10.2 Å². The molecular formula is C25H28FN5O4. The summed E-state index contributed by atoms with van der Waals surface area (Å²) in [6, 6.07) is 10.4. The summed E-state index contributed by atoms with van der Waals surface area (Å²) in [5.41, 5.74) is 1.50. The van der Waals surface area contributed by atoms with Gasteiger partial charge >= 0.3 is 0 Å². The number of hydrogen-bond acceptors (Lipinski definition) is 8. The van der Waals surface area contributed by atoms with Crippen molar-refractivity contribution in [3.8, 4) is 11.5 Å². The number of aromatic nitrogens is 2. The number of methoxy groups -OCH3 is 1. The second-order valence-corrected chi connectivity index (χ2v) is 8.82. The summed E-state index contributed by atoms with van der Waals surface area (Å²) in [4.78, 5) is 22.6. The topological polar surface area (TPSA) is 109 Å². The van der Waals surface area contributed by atoms with Crippen molar-refractivity contribution in [3.63, 3.8) is 0 Å². The van der Waals surface area contributed by atoms with Gasteiger partial charge in [-0.1, -0.05) is 0 Å². The van der Waals surface area contributed by atoms with Gasteiger partial charge in [0.05, 0.1) is 18.7 Å². The molecule has 2 aliphatic heterocycles. The maximum atomic E-state index is 15.0. The Hall–Kier alpha value is -3.34. The van der Waals surface area contributed by atoms with Gasteiger partial charge in [-0.15, -0.1) is 0 Å². The minimum absolute atomic E-state index is 0.186. The average Bonchev–Trinajstić information content (AvgIpc) is 2.87. The van der Waals surface area contributed by atoms with Crippen molar-refractivity contribution in [2.45, 2.75) is 30.8 Å². The molecule has 0 aliphatic carbocycles. The number of aliphatic hydroxyl groups is 1. The normalized spacial score (nSPS) is 23.3. The fraction of sp³-hybridized carbons (Fsp3) is 0.400. The Bertz CT molecular complexity index is 1210. The number of carbonyl (C=O) groups excluding carboxylic acids is 1. The Balaban J connectivity index is 1.16. The first kappa shape index (κ1) is 23.4. The lowest BCUT2D eigenvalue weighted by Crippen LogP contribution is -2.54. The number of halogens is 1. The molecule has 9 nitrogen and oxygen atoms in total. The number of fused-ring (bicyclic) bond motifs is 2. The van der Waals surface area contributed by atoms with Gasteiger partial charge in [-0.25, -0.2) is 9.37 Å². The van der Waals surface area contributed by atoms with Gasteiger partial charge in [-0.05, 0) is 54.9 Å². The van der Waals surface area contributed by atoms with Crippen LogP contribution in [0.3, 0.4) is 0 Å². The van der Waals surface area contributed by atoms with Crippen molar-refractivity contribution in [2.75, 3.05) is 38.6 Å². The lowest BCUT2D eigenvalue weighted by Gasteiger charge is -2.37. The highest BCUT2D eigenvalue weighted by atomic mass is 19.1. The number of alkyl halides is 1. The Morgan fingerprint density at radius 2 is 2.20 bits per heavy atom. The molecular weight excluding hydrogens is 453 g/mol. The molecule has 1 saturated heterocycles. The number of nitrogens with zero attached hydrogens (tertiary/aromatic N) is 3. The minimum Gasteiger partial charge on any atom is -0.497 e. The van der Waals surface area contributed by atoms with Crippen LogP contribution in [0.2, 0.25) is 0 Å². The third kappa shape index (κ3) is 5.04.